The zero-order valence-electron chi connectivity index (χ0n) is 11.1. The summed E-state index contributed by atoms with van der Waals surface area (Å²) in [6, 6.07) is 7.77. The maximum absolute atomic E-state index is 12.0. The van der Waals surface area contributed by atoms with Crippen LogP contribution in [0.15, 0.2) is 28.7 Å². The third-order valence-electron chi connectivity index (χ3n) is 3.26. The minimum Gasteiger partial charge on any atom is -0.327 e. The van der Waals surface area contributed by atoms with E-state index in [9.17, 15) is 4.79 Å². The molecule has 2 unspecified atom stereocenters. The van der Waals surface area contributed by atoms with Gasteiger partial charge in [-0.1, -0.05) is 22.9 Å². The predicted octanol–water partition coefficient (Wildman–Crippen LogP) is 2.06. The number of piperidine rings is 1. The molecule has 0 radical (unpaired) electrons. The van der Waals surface area contributed by atoms with Crippen LogP contribution in [0.25, 0.3) is 0 Å². The molecule has 19 heavy (non-hydrogen) atoms. The molecule has 1 heterocycles. The molecule has 2 rings (SSSR count). The highest BCUT2D eigenvalue weighted by atomic mass is 79.9. The van der Waals surface area contributed by atoms with Crippen LogP contribution in [0.2, 0.25) is 0 Å². The van der Waals surface area contributed by atoms with Crippen molar-refractivity contribution >= 4 is 27.5 Å². The Labute approximate surface area is 122 Å². The van der Waals surface area contributed by atoms with Crippen molar-refractivity contribution in [3.63, 3.8) is 0 Å². The molecule has 0 saturated carbocycles. The fourth-order valence-corrected chi connectivity index (χ4v) is 2.84. The number of likely N-dealkylation sites (tertiary alicyclic amines) is 1. The molecule has 4 nitrogen and oxygen atoms in total. The van der Waals surface area contributed by atoms with Crippen molar-refractivity contribution in [2.45, 2.75) is 19.4 Å². The van der Waals surface area contributed by atoms with Gasteiger partial charge in [-0.25, -0.2) is 0 Å². The Bertz CT molecular complexity index is 425. The first-order chi connectivity index (χ1) is 9.02. The van der Waals surface area contributed by atoms with E-state index >= 15 is 0 Å². The van der Waals surface area contributed by atoms with Gasteiger partial charge in [0.1, 0.15) is 0 Å². The molecule has 0 bridgehead atoms. The lowest BCUT2D eigenvalue weighted by atomic mass is 9.97. The molecule has 1 aromatic carbocycles. The van der Waals surface area contributed by atoms with Gasteiger partial charge >= 0.3 is 0 Å². The lowest BCUT2D eigenvalue weighted by Crippen LogP contribution is -2.48. The zero-order valence-corrected chi connectivity index (χ0v) is 12.7. The Morgan fingerprint density at radius 1 is 1.42 bits per heavy atom. The maximum atomic E-state index is 12.0. The summed E-state index contributed by atoms with van der Waals surface area (Å²) in [6.45, 7) is 4.34. The molecule has 3 N–H and O–H groups in total. The van der Waals surface area contributed by atoms with Gasteiger partial charge in [0.25, 0.3) is 0 Å². The molecule has 1 aliphatic rings. The third-order valence-corrected chi connectivity index (χ3v) is 3.79. The number of nitrogens with two attached hydrogens (primary N) is 1. The van der Waals surface area contributed by atoms with Crippen molar-refractivity contribution in [1.29, 1.82) is 0 Å². The normalized spacial score (nSPS) is 24.2. The van der Waals surface area contributed by atoms with Gasteiger partial charge < -0.3 is 11.1 Å². The van der Waals surface area contributed by atoms with Gasteiger partial charge in [0.15, 0.2) is 0 Å². The van der Waals surface area contributed by atoms with Crippen molar-refractivity contribution in [1.82, 2.24) is 4.90 Å². The fourth-order valence-electron chi connectivity index (χ4n) is 2.58. The number of anilines is 1. The van der Waals surface area contributed by atoms with E-state index in [1.54, 1.807) is 0 Å². The highest BCUT2D eigenvalue weighted by Gasteiger charge is 2.23. The minimum atomic E-state index is 0.0172. The van der Waals surface area contributed by atoms with Crippen LogP contribution in [0.4, 0.5) is 5.69 Å². The summed E-state index contributed by atoms with van der Waals surface area (Å²) in [5.41, 5.74) is 6.80. The number of amides is 1. The summed E-state index contributed by atoms with van der Waals surface area (Å²) in [4.78, 5) is 14.1. The lowest BCUT2D eigenvalue weighted by Gasteiger charge is -2.34. The van der Waals surface area contributed by atoms with Gasteiger partial charge in [-0.05, 0) is 36.6 Å². The molecule has 0 aromatic heterocycles. The summed E-state index contributed by atoms with van der Waals surface area (Å²) in [7, 11) is 0. The topological polar surface area (TPSA) is 58.4 Å². The Hall–Kier alpha value is -0.910. The Balaban J connectivity index is 1.85. The molecule has 1 aromatic rings. The average molecular weight is 326 g/mol. The largest absolute Gasteiger partial charge is 0.327 e. The summed E-state index contributed by atoms with van der Waals surface area (Å²) < 4.78 is 1.00. The van der Waals surface area contributed by atoms with E-state index in [1.165, 1.54) is 0 Å². The molecule has 1 aliphatic heterocycles. The Kier molecular flexibility index (Phi) is 4.96. The van der Waals surface area contributed by atoms with Crippen molar-refractivity contribution < 1.29 is 4.79 Å². The van der Waals surface area contributed by atoms with E-state index in [1.807, 2.05) is 24.3 Å². The number of rotatable bonds is 3. The number of halogens is 1. The van der Waals surface area contributed by atoms with Gasteiger partial charge in [0.2, 0.25) is 5.91 Å². The van der Waals surface area contributed by atoms with Crippen molar-refractivity contribution in [2.24, 2.45) is 11.7 Å². The second kappa shape index (κ2) is 6.50. The first-order valence-electron chi connectivity index (χ1n) is 6.56. The summed E-state index contributed by atoms with van der Waals surface area (Å²) in [6.07, 6.45) is 1.05. The summed E-state index contributed by atoms with van der Waals surface area (Å²) >= 11 is 3.37. The summed E-state index contributed by atoms with van der Waals surface area (Å²) in [5.74, 6) is 0.577. The molecule has 104 valence electrons. The molecule has 1 fully saturated rings. The number of carbonyl (C=O) groups excluding carboxylic acids is 1. The molecular formula is C14H20BrN3O. The number of hydrogen-bond acceptors (Lipinski definition) is 3. The zero-order chi connectivity index (χ0) is 13.8. The second-order valence-corrected chi connectivity index (χ2v) is 6.27. The average Bonchev–Trinajstić information content (AvgIpc) is 2.30. The van der Waals surface area contributed by atoms with Crippen LogP contribution < -0.4 is 11.1 Å². The van der Waals surface area contributed by atoms with Crippen LogP contribution in [-0.4, -0.2) is 36.5 Å². The Morgan fingerprint density at radius 3 is 2.74 bits per heavy atom. The van der Waals surface area contributed by atoms with Crippen LogP contribution in [0.1, 0.15) is 13.3 Å². The molecule has 0 aliphatic carbocycles. The first kappa shape index (κ1) is 14.5. The molecule has 5 heteroatoms. The van der Waals surface area contributed by atoms with Crippen LogP contribution in [-0.2, 0) is 4.79 Å². The monoisotopic (exact) mass is 325 g/mol. The van der Waals surface area contributed by atoms with Crippen molar-refractivity contribution in [2.75, 3.05) is 25.0 Å². The smallest absolute Gasteiger partial charge is 0.238 e. The van der Waals surface area contributed by atoms with Gasteiger partial charge in [-0.2, -0.15) is 0 Å². The second-order valence-electron chi connectivity index (χ2n) is 5.35. The fraction of sp³-hybridized carbons (Fsp3) is 0.500. The van der Waals surface area contributed by atoms with Crippen LogP contribution in [0.3, 0.4) is 0 Å². The standard InChI is InChI=1S/C14H20BrN3O/c1-10-6-12(16)8-18(7-10)9-14(19)17-13-4-2-11(15)3-5-13/h2-5,10,12H,6-9,16H2,1H3,(H,17,19). The van der Waals surface area contributed by atoms with Crippen LogP contribution in [0, 0.1) is 5.92 Å². The number of nitrogens with one attached hydrogen (secondary N) is 1. The minimum absolute atomic E-state index is 0.0172. The number of carbonyl (C=O) groups is 1. The van der Waals surface area contributed by atoms with Gasteiger partial charge in [-0.3, -0.25) is 9.69 Å². The van der Waals surface area contributed by atoms with Crippen LogP contribution >= 0.6 is 15.9 Å². The third kappa shape index (κ3) is 4.60. The molecule has 1 amide bonds. The molecular weight excluding hydrogens is 306 g/mol. The maximum Gasteiger partial charge on any atom is 0.238 e. The highest BCUT2D eigenvalue weighted by molar-refractivity contribution is 9.10. The highest BCUT2D eigenvalue weighted by Crippen LogP contribution is 2.16. The quantitative estimate of drug-likeness (QED) is 0.894. The van der Waals surface area contributed by atoms with E-state index in [4.69, 9.17) is 5.73 Å². The van der Waals surface area contributed by atoms with Crippen LogP contribution in [0.5, 0.6) is 0 Å². The van der Waals surface area contributed by atoms with E-state index < -0.39 is 0 Å². The predicted molar refractivity (Wildman–Crippen MR) is 81.0 cm³/mol. The van der Waals surface area contributed by atoms with E-state index in [2.05, 4.69) is 33.1 Å². The van der Waals surface area contributed by atoms with Crippen molar-refractivity contribution in [3.8, 4) is 0 Å². The number of hydrogen-bond donors (Lipinski definition) is 2. The van der Waals surface area contributed by atoms with Gasteiger partial charge in [0, 0.05) is 29.3 Å². The molecule has 2 atom stereocenters. The molecule has 0 spiro atoms. The number of benzene rings is 1. The van der Waals surface area contributed by atoms with Gasteiger partial charge in [0.05, 0.1) is 6.54 Å². The Morgan fingerprint density at radius 2 is 2.11 bits per heavy atom. The van der Waals surface area contributed by atoms with Gasteiger partial charge in [-0.15, -0.1) is 0 Å². The van der Waals surface area contributed by atoms with E-state index in [-0.39, 0.29) is 11.9 Å². The molecule has 1 saturated heterocycles. The van der Waals surface area contributed by atoms with E-state index in [0.29, 0.717) is 12.5 Å². The SMILES string of the molecule is CC1CC(N)CN(CC(=O)Nc2ccc(Br)cc2)C1. The summed E-state index contributed by atoms with van der Waals surface area (Å²) in [5, 5.41) is 2.90. The van der Waals surface area contributed by atoms with Crippen molar-refractivity contribution in [3.05, 3.63) is 28.7 Å². The lowest BCUT2D eigenvalue weighted by molar-refractivity contribution is -0.117. The first-order valence-corrected chi connectivity index (χ1v) is 7.35. The number of nitrogens with zero attached hydrogens (tertiary/aromatic N) is 1. The van der Waals surface area contributed by atoms with E-state index in [0.717, 1.165) is 29.7 Å².